The van der Waals surface area contributed by atoms with Crippen molar-refractivity contribution in [2.45, 2.75) is 6.04 Å². The molecule has 1 atom stereocenters. The Kier molecular flexibility index (Phi) is 6.72. The van der Waals surface area contributed by atoms with Crippen LogP contribution in [0.2, 0.25) is 5.02 Å². The van der Waals surface area contributed by atoms with Crippen LogP contribution < -0.4 is 29.7 Å². The zero-order chi connectivity index (χ0) is 28.0. The molecule has 0 aliphatic carbocycles. The van der Waals surface area contributed by atoms with E-state index >= 15 is 0 Å². The van der Waals surface area contributed by atoms with E-state index in [1.165, 1.54) is 0 Å². The second-order valence-electron chi connectivity index (χ2n) is 9.87. The molecular formula is C26H29ClN8O4S. The number of nitrogens with one attached hydrogen (secondary N) is 4. The van der Waals surface area contributed by atoms with Crippen LogP contribution in [0.15, 0.2) is 42.6 Å². The lowest BCUT2D eigenvalue weighted by Gasteiger charge is -2.44. The van der Waals surface area contributed by atoms with Gasteiger partial charge in [0.2, 0.25) is 16.0 Å². The maximum Gasteiger partial charge on any atom is 0.231 e. The van der Waals surface area contributed by atoms with E-state index in [9.17, 15) is 8.42 Å². The van der Waals surface area contributed by atoms with Gasteiger partial charge in [-0.25, -0.2) is 8.42 Å². The molecule has 0 spiro atoms. The summed E-state index contributed by atoms with van der Waals surface area (Å²) in [5.41, 5.74) is 2.99. The highest BCUT2D eigenvalue weighted by molar-refractivity contribution is 7.92. The van der Waals surface area contributed by atoms with E-state index in [2.05, 4.69) is 42.2 Å². The molecule has 4 heterocycles. The highest BCUT2D eigenvalue weighted by Gasteiger charge is 2.33. The number of hydrogen-bond donors (Lipinski definition) is 4. The zero-order valence-electron chi connectivity index (χ0n) is 22.2. The number of H-pyrrole nitrogens is 1. The maximum atomic E-state index is 11.9. The Hall–Kier alpha value is -3.94. The Morgan fingerprint density at radius 2 is 1.93 bits per heavy atom. The Bertz CT molecular complexity index is 1700. The molecule has 12 nitrogen and oxygen atoms in total. The number of hydrogen-bond acceptors (Lipinski definition) is 10. The molecule has 0 unspecified atom stereocenters. The van der Waals surface area contributed by atoms with E-state index in [0.717, 1.165) is 37.3 Å². The first-order chi connectivity index (χ1) is 19.2. The third-order valence-electron chi connectivity index (χ3n) is 6.91. The van der Waals surface area contributed by atoms with Crippen LogP contribution in [-0.2, 0) is 10.0 Å². The van der Waals surface area contributed by atoms with Crippen LogP contribution in [0.3, 0.4) is 0 Å². The molecule has 2 aliphatic rings. The Morgan fingerprint density at radius 3 is 2.70 bits per heavy atom. The number of rotatable bonds is 7. The van der Waals surface area contributed by atoms with Gasteiger partial charge in [0.15, 0.2) is 0 Å². The van der Waals surface area contributed by atoms with Gasteiger partial charge < -0.3 is 34.9 Å². The van der Waals surface area contributed by atoms with Crippen molar-refractivity contribution in [2.24, 2.45) is 0 Å². The molecule has 2 aromatic carbocycles. The Morgan fingerprint density at radius 1 is 1.12 bits per heavy atom. The van der Waals surface area contributed by atoms with Crippen molar-refractivity contribution < 1.29 is 17.9 Å². The number of benzene rings is 2. The normalized spacial score (nSPS) is 17.1. The van der Waals surface area contributed by atoms with Crippen molar-refractivity contribution in [3.05, 3.63) is 47.6 Å². The van der Waals surface area contributed by atoms with E-state index < -0.39 is 10.0 Å². The molecule has 4 aromatic rings. The first-order valence-electron chi connectivity index (χ1n) is 12.6. The van der Waals surface area contributed by atoms with Crippen LogP contribution >= 0.6 is 11.6 Å². The number of fused-ring (bicyclic) bond motifs is 4. The molecule has 210 valence electrons. The van der Waals surface area contributed by atoms with Gasteiger partial charge >= 0.3 is 0 Å². The van der Waals surface area contributed by atoms with Gasteiger partial charge in [-0.05, 0) is 19.2 Å². The minimum Gasteiger partial charge on any atom is -0.494 e. The largest absolute Gasteiger partial charge is 0.494 e. The summed E-state index contributed by atoms with van der Waals surface area (Å²) in [6.45, 7) is 3.42. The van der Waals surface area contributed by atoms with Crippen molar-refractivity contribution in [2.75, 3.05) is 66.9 Å². The number of para-hydroxylation sites is 2. The van der Waals surface area contributed by atoms with Gasteiger partial charge in [0, 0.05) is 38.0 Å². The molecule has 14 heteroatoms. The van der Waals surface area contributed by atoms with Crippen molar-refractivity contribution in [3.63, 3.8) is 0 Å². The van der Waals surface area contributed by atoms with Crippen molar-refractivity contribution >= 4 is 67.2 Å². The number of aromatic amines is 1. The number of aromatic nitrogens is 3. The lowest BCUT2D eigenvalue weighted by Crippen LogP contribution is -2.56. The first kappa shape index (κ1) is 26.3. The highest BCUT2D eigenvalue weighted by Crippen LogP contribution is 2.43. The van der Waals surface area contributed by atoms with Gasteiger partial charge in [0.25, 0.3) is 0 Å². The topological polar surface area (TPSA) is 137 Å². The van der Waals surface area contributed by atoms with Crippen LogP contribution in [0.4, 0.5) is 34.5 Å². The quantitative estimate of drug-likeness (QED) is 0.252. The minimum absolute atomic E-state index is 0.272. The highest BCUT2D eigenvalue weighted by atomic mass is 35.5. The zero-order valence-corrected chi connectivity index (χ0v) is 23.7. The van der Waals surface area contributed by atoms with Crippen LogP contribution in [-0.4, -0.2) is 81.0 Å². The lowest BCUT2D eigenvalue weighted by atomic mass is 10.1. The third-order valence-corrected chi connectivity index (χ3v) is 7.80. The molecule has 40 heavy (non-hydrogen) atoms. The van der Waals surface area contributed by atoms with Crippen molar-refractivity contribution in [3.8, 4) is 11.5 Å². The predicted octanol–water partition coefficient (Wildman–Crippen LogP) is 3.99. The molecule has 6 rings (SSSR count). The summed E-state index contributed by atoms with van der Waals surface area (Å²) in [4.78, 5) is 17.1. The SMILES string of the molecule is COc1cc2c(cc1Nc1nc(Nc3ccccc3NS(C)(=O)=O)c3c(Cl)c[nH]c3n1)OC[C@H]1CN(C)CCN21. The summed E-state index contributed by atoms with van der Waals surface area (Å²) in [5, 5.41) is 7.45. The third kappa shape index (κ3) is 5.15. The molecule has 0 radical (unpaired) electrons. The molecule has 0 saturated carbocycles. The smallest absolute Gasteiger partial charge is 0.231 e. The van der Waals surface area contributed by atoms with Crippen LogP contribution in [0.25, 0.3) is 11.0 Å². The average Bonchev–Trinajstić information content (AvgIpc) is 3.29. The van der Waals surface area contributed by atoms with Gasteiger partial charge in [0.05, 0.1) is 52.6 Å². The van der Waals surface area contributed by atoms with Gasteiger partial charge in [0.1, 0.15) is 29.6 Å². The molecular weight excluding hydrogens is 556 g/mol. The monoisotopic (exact) mass is 584 g/mol. The summed E-state index contributed by atoms with van der Waals surface area (Å²) < 4.78 is 38.2. The molecule has 1 saturated heterocycles. The molecule has 0 amide bonds. The second-order valence-corrected chi connectivity index (χ2v) is 12.0. The molecule has 2 aromatic heterocycles. The average molecular weight is 585 g/mol. The second kappa shape index (κ2) is 10.2. The maximum absolute atomic E-state index is 11.9. The fourth-order valence-corrected chi connectivity index (χ4v) is 5.89. The number of ether oxygens (including phenoxy) is 2. The van der Waals surface area contributed by atoms with Gasteiger partial charge in [-0.3, -0.25) is 4.72 Å². The number of anilines is 6. The summed E-state index contributed by atoms with van der Waals surface area (Å²) in [6, 6.07) is 11.1. The predicted molar refractivity (Wildman–Crippen MR) is 157 cm³/mol. The van der Waals surface area contributed by atoms with Crippen molar-refractivity contribution in [1.29, 1.82) is 0 Å². The minimum atomic E-state index is -3.51. The standard InChI is InChI=1S/C26H29ClN8O4S/c1-34-8-9-35-15(13-34)14-39-22-10-19(21(38-2)11-20(22)35)30-26-31-24-23(16(27)12-28-24)25(32-26)29-17-6-4-5-7-18(17)33-40(3,36)37/h4-7,10-12,15,33H,8-9,13-14H2,1-3H3,(H3,28,29,30,31,32)/t15-/m1/s1. The fourth-order valence-electron chi connectivity index (χ4n) is 5.08. The summed E-state index contributed by atoms with van der Waals surface area (Å²) in [6.07, 6.45) is 2.72. The summed E-state index contributed by atoms with van der Waals surface area (Å²) in [5.74, 6) is 2.03. The van der Waals surface area contributed by atoms with Crippen molar-refractivity contribution in [1.82, 2.24) is 19.9 Å². The van der Waals surface area contributed by atoms with Crippen LogP contribution in [0.1, 0.15) is 0 Å². The molecule has 4 N–H and O–H groups in total. The number of piperazine rings is 1. The number of nitrogens with zero attached hydrogens (tertiary/aromatic N) is 4. The molecule has 1 fully saturated rings. The fraction of sp³-hybridized carbons (Fsp3) is 0.308. The summed E-state index contributed by atoms with van der Waals surface area (Å²) in [7, 11) is 0.235. The first-order valence-corrected chi connectivity index (χ1v) is 14.9. The van der Waals surface area contributed by atoms with E-state index in [0.29, 0.717) is 51.3 Å². The van der Waals surface area contributed by atoms with Crippen LogP contribution in [0.5, 0.6) is 11.5 Å². The number of methoxy groups -OCH3 is 1. The molecule has 2 aliphatic heterocycles. The molecule has 0 bridgehead atoms. The van der Waals surface area contributed by atoms with E-state index in [-0.39, 0.29) is 12.0 Å². The lowest BCUT2D eigenvalue weighted by molar-refractivity contribution is 0.188. The van der Waals surface area contributed by atoms with Crippen LogP contribution in [0, 0.1) is 0 Å². The van der Waals surface area contributed by atoms with Gasteiger partial charge in [-0.1, -0.05) is 23.7 Å². The number of likely N-dealkylation sites (N-methyl/N-ethyl adjacent to an activating group) is 1. The van der Waals surface area contributed by atoms with E-state index in [1.54, 1.807) is 37.6 Å². The number of halogens is 1. The van der Waals surface area contributed by atoms with E-state index in [1.807, 2.05) is 12.1 Å². The Balaban J connectivity index is 1.36. The Labute approximate surface area is 236 Å². The summed E-state index contributed by atoms with van der Waals surface area (Å²) >= 11 is 6.47. The number of sulfonamides is 1. The van der Waals surface area contributed by atoms with Gasteiger partial charge in [-0.2, -0.15) is 9.97 Å². The van der Waals surface area contributed by atoms with E-state index in [4.69, 9.17) is 26.1 Å². The van der Waals surface area contributed by atoms with Gasteiger partial charge in [-0.15, -0.1) is 0 Å².